The summed E-state index contributed by atoms with van der Waals surface area (Å²) in [6, 6.07) is 4.45. The first kappa shape index (κ1) is 14.8. The maximum absolute atomic E-state index is 12.9. The summed E-state index contributed by atoms with van der Waals surface area (Å²) in [5.41, 5.74) is 1.84. The number of carbonyl (C=O) groups is 1. The lowest BCUT2D eigenvalue weighted by Crippen LogP contribution is -2.40. The molecular weight excluding hydrogens is 259 g/mol. The number of aliphatic hydroxyl groups is 1. The molecule has 1 fully saturated rings. The van der Waals surface area contributed by atoms with Gasteiger partial charge in [-0.15, -0.1) is 0 Å². The molecule has 2 rings (SSSR count). The van der Waals surface area contributed by atoms with Crippen molar-refractivity contribution in [3.8, 4) is 0 Å². The second kappa shape index (κ2) is 6.22. The van der Waals surface area contributed by atoms with Gasteiger partial charge in [-0.1, -0.05) is 6.07 Å². The molecule has 0 unspecified atom stereocenters. The van der Waals surface area contributed by atoms with E-state index < -0.39 is 0 Å². The van der Waals surface area contributed by atoms with Crippen LogP contribution in [0.25, 0.3) is 0 Å². The van der Waals surface area contributed by atoms with Gasteiger partial charge in [0.1, 0.15) is 5.82 Å². The van der Waals surface area contributed by atoms with Crippen LogP contribution in [0, 0.1) is 18.2 Å². The highest BCUT2D eigenvalue weighted by Gasteiger charge is 2.42. The topological polar surface area (TPSA) is 61.4 Å². The number of halogens is 1. The first-order chi connectivity index (χ1) is 9.54. The molecule has 5 heteroatoms. The van der Waals surface area contributed by atoms with E-state index in [1.165, 1.54) is 12.1 Å². The number of rotatable bonds is 6. The van der Waals surface area contributed by atoms with Crippen LogP contribution in [0.15, 0.2) is 18.2 Å². The van der Waals surface area contributed by atoms with Crippen LogP contribution in [0.3, 0.4) is 0 Å². The Morgan fingerprint density at radius 3 is 2.75 bits per heavy atom. The van der Waals surface area contributed by atoms with Gasteiger partial charge in [0.15, 0.2) is 0 Å². The standard InChI is InChI=1S/C15H21FN2O2/c1-11-8-13(16)3-2-12(11)4-7-17-14(20)18-9-15(10-19)5-6-15/h2-3,8,19H,4-7,9-10H2,1H3,(H2,17,18,20). The van der Waals surface area contributed by atoms with Crippen molar-refractivity contribution in [3.05, 3.63) is 35.1 Å². The predicted molar refractivity (Wildman–Crippen MR) is 75.0 cm³/mol. The predicted octanol–water partition coefficient (Wildman–Crippen LogP) is 1.75. The third-order valence-electron chi connectivity index (χ3n) is 3.90. The first-order valence-electron chi connectivity index (χ1n) is 6.92. The molecule has 1 aliphatic rings. The quantitative estimate of drug-likeness (QED) is 0.743. The van der Waals surface area contributed by atoms with E-state index in [0.717, 1.165) is 24.0 Å². The van der Waals surface area contributed by atoms with Gasteiger partial charge >= 0.3 is 6.03 Å². The number of benzene rings is 1. The molecule has 0 atom stereocenters. The van der Waals surface area contributed by atoms with E-state index in [0.29, 0.717) is 19.5 Å². The molecule has 0 heterocycles. The van der Waals surface area contributed by atoms with Crippen molar-refractivity contribution in [1.29, 1.82) is 0 Å². The van der Waals surface area contributed by atoms with E-state index in [1.807, 2.05) is 6.92 Å². The Hall–Kier alpha value is -1.62. The second-order valence-corrected chi connectivity index (χ2v) is 5.59. The third-order valence-corrected chi connectivity index (χ3v) is 3.90. The molecule has 0 bridgehead atoms. The molecule has 110 valence electrons. The van der Waals surface area contributed by atoms with E-state index in [9.17, 15) is 9.18 Å². The minimum absolute atomic E-state index is 0.0785. The summed E-state index contributed by atoms with van der Waals surface area (Å²) in [7, 11) is 0. The van der Waals surface area contributed by atoms with Crippen molar-refractivity contribution < 1.29 is 14.3 Å². The number of hydrogen-bond donors (Lipinski definition) is 3. The van der Waals surface area contributed by atoms with Crippen LogP contribution >= 0.6 is 0 Å². The summed E-state index contributed by atoms with van der Waals surface area (Å²) in [4.78, 5) is 11.6. The molecule has 1 aromatic rings. The summed E-state index contributed by atoms with van der Waals surface area (Å²) < 4.78 is 12.9. The van der Waals surface area contributed by atoms with Crippen molar-refractivity contribution >= 4 is 6.03 Å². The van der Waals surface area contributed by atoms with E-state index >= 15 is 0 Å². The highest BCUT2D eigenvalue weighted by Crippen LogP contribution is 2.44. The van der Waals surface area contributed by atoms with Crippen molar-refractivity contribution in [2.75, 3.05) is 19.7 Å². The molecule has 0 radical (unpaired) electrons. The highest BCUT2D eigenvalue weighted by molar-refractivity contribution is 5.73. The Morgan fingerprint density at radius 2 is 2.15 bits per heavy atom. The lowest BCUT2D eigenvalue weighted by atomic mass is 10.1. The highest BCUT2D eigenvalue weighted by atomic mass is 19.1. The summed E-state index contributed by atoms with van der Waals surface area (Å²) >= 11 is 0. The summed E-state index contributed by atoms with van der Waals surface area (Å²) in [6.45, 7) is 3.01. The Kier molecular flexibility index (Phi) is 4.60. The van der Waals surface area contributed by atoms with Crippen LogP contribution in [-0.2, 0) is 6.42 Å². The minimum atomic E-state index is -0.240. The van der Waals surface area contributed by atoms with Gasteiger partial charge < -0.3 is 15.7 Å². The number of urea groups is 1. The fourth-order valence-electron chi connectivity index (χ4n) is 2.15. The Morgan fingerprint density at radius 1 is 1.40 bits per heavy atom. The normalized spacial score (nSPS) is 15.8. The van der Waals surface area contributed by atoms with E-state index in [-0.39, 0.29) is 23.9 Å². The zero-order chi connectivity index (χ0) is 14.6. The maximum Gasteiger partial charge on any atom is 0.314 e. The fourth-order valence-corrected chi connectivity index (χ4v) is 2.15. The number of hydrogen-bond acceptors (Lipinski definition) is 2. The zero-order valence-electron chi connectivity index (χ0n) is 11.7. The van der Waals surface area contributed by atoms with Gasteiger partial charge in [-0.3, -0.25) is 0 Å². The Labute approximate surface area is 118 Å². The molecule has 0 saturated heterocycles. The monoisotopic (exact) mass is 280 g/mol. The number of aliphatic hydroxyl groups excluding tert-OH is 1. The molecule has 3 N–H and O–H groups in total. The van der Waals surface area contributed by atoms with Crippen molar-refractivity contribution in [1.82, 2.24) is 10.6 Å². The molecule has 20 heavy (non-hydrogen) atoms. The average Bonchev–Trinajstić information content (AvgIpc) is 3.20. The van der Waals surface area contributed by atoms with E-state index in [4.69, 9.17) is 5.11 Å². The second-order valence-electron chi connectivity index (χ2n) is 5.59. The summed E-state index contributed by atoms with van der Waals surface area (Å²) in [5, 5.41) is 14.7. The molecule has 1 saturated carbocycles. The molecular formula is C15H21FN2O2. The van der Waals surface area contributed by atoms with Gasteiger partial charge in [-0.2, -0.15) is 0 Å². The zero-order valence-corrected chi connectivity index (χ0v) is 11.7. The van der Waals surface area contributed by atoms with E-state index in [1.54, 1.807) is 6.07 Å². The Balaban J connectivity index is 1.68. The molecule has 2 amide bonds. The maximum atomic E-state index is 12.9. The Bertz CT molecular complexity index is 487. The number of carbonyl (C=O) groups excluding carboxylic acids is 1. The molecule has 0 aromatic heterocycles. The van der Waals surface area contributed by atoms with Crippen LogP contribution in [0.2, 0.25) is 0 Å². The number of aryl methyl sites for hydroxylation is 1. The lowest BCUT2D eigenvalue weighted by molar-refractivity contribution is 0.203. The van der Waals surface area contributed by atoms with Crippen LogP contribution in [0.1, 0.15) is 24.0 Å². The van der Waals surface area contributed by atoms with Crippen molar-refractivity contribution in [2.45, 2.75) is 26.2 Å². The van der Waals surface area contributed by atoms with Gasteiger partial charge in [0.2, 0.25) is 0 Å². The number of amides is 2. The molecule has 1 aliphatic carbocycles. The molecule has 4 nitrogen and oxygen atoms in total. The fraction of sp³-hybridized carbons (Fsp3) is 0.533. The molecule has 0 spiro atoms. The SMILES string of the molecule is Cc1cc(F)ccc1CCNC(=O)NCC1(CO)CC1. The average molecular weight is 280 g/mol. The van der Waals surface area contributed by atoms with Gasteiger partial charge in [0.05, 0.1) is 6.61 Å². The largest absolute Gasteiger partial charge is 0.396 e. The smallest absolute Gasteiger partial charge is 0.314 e. The molecule has 1 aromatic carbocycles. The van der Waals surface area contributed by atoms with E-state index in [2.05, 4.69) is 10.6 Å². The van der Waals surface area contributed by atoms with Crippen molar-refractivity contribution in [2.24, 2.45) is 5.41 Å². The van der Waals surface area contributed by atoms with Gasteiger partial charge in [-0.05, 0) is 49.4 Å². The van der Waals surface area contributed by atoms with Crippen LogP contribution < -0.4 is 10.6 Å². The van der Waals surface area contributed by atoms with Gasteiger partial charge in [0, 0.05) is 18.5 Å². The van der Waals surface area contributed by atoms with Gasteiger partial charge in [0.25, 0.3) is 0 Å². The van der Waals surface area contributed by atoms with Crippen LogP contribution in [-0.4, -0.2) is 30.8 Å². The summed E-state index contributed by atoms with van der Waals surface area (Å²) in [6.07, 6.45) is 2.61. The van der Waals surface area contributed by atoms with Crippen LogP contribution in [0.4, 0.5) is 9.18 Å². The minimum Gasteiger partial charge on any atom is -0.396 e. The van der Waals surface area contributed by atoms with Crippen LogP contribution in [0.5, 0.6) is 0 Å². The lowest BCUT2D eigenvalue weighted by Gasteiger charge is -2.13. The van der Waals surface area contributed by atoms with Gasteiger partial charge in [-0.25, -0.2) is 9.18 Å². The first-order valence-corrected chi connectivity index (χ1v) is 6.92. The summed E-state index contributed by atoms with van der Waals surface area (Å²) in [5.74, 6) is -0.240. The number of nitrogens with one attached hydrogen (secondary N) is 2. The molecule has 0 aliphatic heterocycles. The third kappa shape index (κ3) is 3.93. The van der Waals surface area contributed by atoms with Crippen molar-refractivity contribution in [3.63, 3.8) is 0 Å².